The largest absolute Gasteiger partial charge is 0.497 e. The van der Waals surface area contributed by atoms with Gasteiger partial charge in [0.15, 0.2) is 6.61 Å². The fourth-order valence-electron chi connectivity index (χ4n) is 3.97. The van der Waals surface area contributed by atoms with Crippen LogP contribution in [0.15, 0.2) is 29.6 Å². The van der Waals surface area contributed by atoms with Gasteiger partial charge in [-0.15, -0.1) is 11.3 Å². The minimum atomic E-state index is -0.366. The van der Waals surface area contributed by atoms with Crippen LogP contribution in [-0.4, -0.2) is 56.7 Å². The van der Waals surface area contributed by atoms with Crippen molar-refractivity contribution in [2.24, 2.45) is 0 Å². The Bertz CT molecular complexity index is 869. The van der Waals surface area contributed by atoms with Crippen LogP contribution >= 0.6 is 11.3 Å². The molecule has 0 N–H and O–H groups in total. The number of benzene rings is 1. The van der Waals surface area contributed by atoms with Gasteiger partial charge in [0, 0.05) is 42.1 Å². The van der Waals surface area contributed by atoms with Crippen molar-refractivity contribution in [3.8, 4) is 5.75 Å². The molecule has 0 radical (unpaired) electrons. The minimum Gasteiger partial charge on any atom is -0.497 e. The van der Waals surface area contributed by atoms with E-state index in [0.29, 0.717) is 18.7 Å². The first-order chi connectivity index (χ1) is 14.2. The maximum absolute atomic E-state index is 12.5. The van der Waals surface area contributed by atoms with E-state index in [0.717, 1.165) is 49.4 Å². The summed E-state index contributed by atoms with van der Waals surface area (Å²) in [4.78, 5) is 30.3. The normalized spacial score (nSPS) is 16.3. The molecule has 1 saturated heterocycles. The van der Waals surface area contributed by atoms with E-state index in [1.807, 2.05) is 29.6 Å². The van der Waals surface area contributed by atoms with Gasteiger partial charge in [0.25, 0.3) is 5.91 Å². The molecule has 1 aromatic carbocycles. The molecule has 2 aliphatic rings. The second-order valence-electron chi connectivity index (χ2n) is 7.40. The summed E-state index contributed by atoms with van der Waals surface area (Å²) in [5.41, 5.74) is 2.90. The van der Waals surface area contributed by atoms with Crippen molar-refractivity contribution in [3.05, 3.63) is 45.6 Å². The Hall–Kier alpha value is -2.54. The molecule has 1 aliphatic heterocycles. The Morgan fingerprint density at radius 3 is 2.48 bits per heavy atom. The highest BCUT2D eigenvalue weighted by atomic mass is 32.1. The lowest BCUT2D eigenvalue weighted by molar-refractivity contribution is -0.134. The van der Waals surface area contributed by atoms with E-state index >= 15 is 0 Å². The standard InChI is InChI=1S/C22H26N2O4S/c1-27-17-8-6-16(7-9-17)23-10-12-24(13-11-23)21(25)14-28-22(26)19-15-29-20-5-3-2-4-18(19)20/h6-9,15H,2-5,10-14H2,1H3. The molecule has 1 aromatic heterocycles. The average molecular weight is 415 g/mol. The highest BCUT2D eigenvalue weighted by Crippen LogP contribution is 2.30. The van der Waals surface area contributed by atoms with Gasteiger partial charge in [-0.05, 0) is 55.5 Å². The van der Waals surface area contributed by atoms with Gasteiger partial charge in [0.1, 0.15) is 5.75 Å². The number of fused-ring (bicyclic) bond motifs is 1. The van der Waals surface area contributed by atoms with Gasteiger partial charge in [0.2, 0.25) is 0 Å². The Labute approximate surface area is 175 Å². The Morgan fingerprint density at radius 1 is 1.03 bits per heavy atom. The lowest BCUT2D eigenvalue weighted by atomic mass is 9.96. The number of carbonyl (C=O) groups is 2. The predicted molar refractivity (Wildman–Crippen MR) is 113 cm³/mol. The number of methoxy groups -OCH3 is 1. The van der Waals surface area contributed by atoms with E-state index in [9.17, 15) is 9.59 Å². The highest BCUT2D eigenvalue weighted by molar-refractivity contribution is 7.10. The zero-order valence-electron chi connectivity index (χ0n) is 16.7. The zero-order valence-corrected chi connectivity index (χ0v) is 17.5. The van der Waals surface area contributed by atoms with Crippen LogP contribution in [0.25, 0.3) is 0 Å². The fourth-order valence-corrected chi connectivity index (χ4v) is 5.08. The number of amides is 1. The minimum absolute atomic E-state index is 0.128. The van der Waals surface area contributed by atoms with Crippen LogP contribution in [0.5, 0.6) is 5.75 Å². The van der Waals surface area contributed by atoms with Crippen LogP contribution in [0.1, 0.15) is 33.6 Å². The lowest BCUT2D eigenvalue weighted by Gasteiger charge is -2.36. The maximum Gasteiger partial charge on any atom is 0.339 e. The van der Waals surface area contributed by atoms with Gasteiger partial charge >= 0.3 is 5.97 Å². The molecule has 1 aliphatic carbocycles. The quantitative estimate of drug-likeness (QED) is 0.704. The van der Waals surface area contributed by atoms with Crippen LogP contribution in [0, 0.1) is 0 Å². The van der Waals surface area contributed by atoms with Crippen molar-refractivity contribution in [2.45, 2.75) is 25.7 Å². The van der Waals surface area contributed by atoms with Crippen molar-refractivity contribution in [1.29, 1.82) is 0 Å². The van der Waals surface area contributed by atoms with E-state index in [-0.39, 0.29) is 18.5 Å². The molecule has 6 nitrogen and oxygen atoms in total. The number of thiophene rings is 1. The van der Waals surface area contributed by atoms with Crippen LogP contribution in [0.4, 0.5) is 5.69 Å². The Kier molecular flexibility index (Phi) is 6.04. The van der Waals surface area contributed by atoms with Crippen molar-refractivity contribution < 1.29 is 19.1 Å². The summed E-state index contributed by atoms with van der Waals surface area (Å²) < 4.78 is 10.5. The molecule has 0 spiro atoms. The monoisotopic (exact) mass is 414 g/mol. The number of anilines is 1. The second kappa shape index (κ2) is 8.86. The third kappa shape index (κ3) is 4.40. The number of hydrogen-bond acceptors (Lipinski definition) is 6. The van der Waals surface area contributed by atoms with E-state index in [1.54, 1.807) is 23.3 Å². The average Bonchev–Trinajstić information content (AvgIpc) is 3.22. The summed E-state index contributed by atoms with van der Waals surface area (Å²) >= 11 is 1.63. The molecular weight excluding hydrogens is 388 g/mol. The van der Waals surface area contributed by atoms with Crippen molar-refractivity contribution in [2.75, 3.05) is 44.8 Å². The van der Waals surface area contributed by atoms with Crippen molar-refractivity contribution in [3.63, 3.8) is 0 Å². The SMILES string of the molecule is COc1ccc(N2CCN(C(=O)COC(=O)c3csc4c3CCCC4)CC2)cc1. The highest BCUT2D eigenvalue weighted by Gasteiger charge is 2.25. The molecule has 29 heavy (non-hydrogen) atoms. The van der Waals surface area contributed by atoms with Crippen molar-refractivity contribution >= 4 is 28.9 Å². The summed E-state index contributed by atoms with van der Waals surface area (Å²) in [6.07, 6.45) is 4.28. The van der Waals surface area contributed by atoms with Gasteiger partial charge in [-0.3, -0.25) is 4.79 Å². The Balaban J connectivity index is 1.26. The Morgan fingerprint density at radius 2 is 1.76 bits per heavy atom. The molecule has 4 rings (SSSR count). The van der Waals surface area contributed by atoms with E-state index < -0.39 is 0 Å². The van der Waals surface area contributed by atoms with Crippen LogP contribution < -0.4 is 9.64 Å². The lowest BCUT2D eigenvalue weighted by Crippen LogP contribution is -2.49. The summed E-state index contributed by atoms with van der Waals surface area (Å²) in [6.45, 7) is 2.56. The molecule has 0 bridgehead atoms. The number of aryl methyl sites for hydroxylation is 1. The zero-order chi connectivity index (χ0) is 20.2. The van der Waals surface area contributed by atoms with E-state index in [1.165, 1.54) is 11.3 Å². The first-order valence-electron chi connectivity index (χ1n) is 10.1. The smallest absolute Gasteiger partial charge is 0.339 e. The molecule has 2 heterocycles. The van der Waals surface area contributed by atoms with Gasteiger partial charge in [0.05, 0.1) is 12.7 Å². The molecule has 0 atom stereocenters. The maximum atomic E-state index is 12.5. The van der Waals surface area contributed by atoms with Gasteiger partial charge < -0.3 is 19.3 Å². The number of rotatable bonds is 5. The molecular formula is C22H26N2O4S. The first kappa shape index (κ1) is 19.8. The summed E-state index contributed by atoms with van der Waals surface area (Å²) in [5.74, 6) is 0.336. The molecule has 1 fully saturated rings. The van der Waals surface area contributed by atoms with Crippen LogP contribution in [0.3, 0.4) is 0 Å². The predicted octanol–water partition coefficient (Wildman–Crippen LogP) is 3.14. The number of carbonyl (C=O) groups excluding carboxylic acids is 2. The molecule has 0 saturated carbocycles. The van der Waals surface area contributed by atoms with Crippen molar-refractivity contribution in [1.82, 2.24) is 4.90 Å². The third-order valence-corrected chi connectivity index (χ3v) is 6.77. The number of ether oxygens (including phenoxy) is 2. The number of piperazine rings is 1. The molecule has 1 amide bonds. The summed E-state index contributed by atoms with van der Waals surface area (Å²) in [6, 6.07) is 7.93. The van der Waals surface area contributed by atoms with Crippen LogP contribution in [0.2, 0.25) is 0 Å². The first-order valence-corrected chi connectivity index (χ1v) is 11.0. The topological polar surface area (TPSA) is 59.1 Å². The van der Waals surface area contributed by atoms with E-state index in [2.05, 4.69) is 4.90 Å². The molecule has 2 aromatic rings. The van der Waals surface area contributed by atoms with E-state index in [4.69, 9.17) is 9.47 Å². The number of esters is 1. The fraction of sp³-hybridized carbons (Fsp3) is 0.455. The summed E-state index contributed by atoms with van der Waals surface area (Å²) in [5, 5.41) is 1.89. The van der Waals surface area contributed by atoms with Gasteiger partial charge in [-0.25, -0.2) is 4.79 Å². The van der Waals surface area contributed by atoms with Gasteiger partial charge in [-0.2, -0.15) is 0 Å². The number of hydrogen-bond donors (Lipinski definition) is 0. The summed E-state index contributed by atoms with van der Waals surface area (Å²) in [7, 11) is 1.65. The molecule has 7 heteroatoms. The molecule has 0 unspecified atom stereocenters. The number of nitrogens with zero attached hydrogens (tertiary/aromatic N) is 2. The second-order valence-corrected chi connectivity index (χ2v) is 8.36. The third-order valence-electron chi connectivity index (χ3n) is 5.68. The molecule has 154 valence electrons. The van der Waals surface area contributed by atoms with Gasteiger partial charge in [-0.1, -0.05) is 0 Å². The van der Waals surface area contributed by atoms with Crippen LogP contribution in [-0.2, 0) is 22.4 Å².